The van der Waals surface area contributed by atoms with E-state index in [0.29, 0.717) is 6.54 Å². The van der Waals surface area contributed by atoms with Crippen LogP contribution in [0.15, 0.2) is 24.7 Å². The van der Waals surface area contributed by atoms with E-state index in [9.17, 15) is 4.79 Å². The summed E-state index contributed by atoms with van der Waals surface area (Å²) in [5.41, 5.74) is 2.00. The van der Waals surface area contributed by atoms with Crippen molar-refractivity contribution in [3.05, 3.63) is 41.7 Å². The summed E-state index contributed by atoms with van der Waals surface area (Å²) in [6, 6.07) is 3.62. The fourth-order valence-electron chi connectivity index (χ4n) is 2.44. The van der Waals surface area contributed by atoms with Crippen molar-refractivity contribution in [2.75, 3.05) is 7.05 Å². The first-order valence-electron chi connectivity index (χ1n) is 7.86. The van der Waals surface area contributed by atoms with Crippen LogP contribution >= 0.6 is 0 Å². The summed E-state index contributed by atoms with van der Waals surface area (Å²) < 4.78 is 1.81. The molecule has 0 unspecified atom stereocenters. The molecule has 2 amide bonds. The second-order valence-corrected chi connectivity index (χ2v) is 5.51. The molecule has 2 aromatic rings. The maximum absolute atomic E-state index is 12.4. The van der Waals surface area contributed by atoms with Gasteiger partial charge in [0.15, 0.2) is 0 Å². The normalized spacial score (nSPS) is 12.0. The Morgan fingerprint density at radius 3 is 2.83 bits per heavy atom. The average Bonchev–Trinajstić information content (AvgIpc) is 3.00. The van der Waals surface area contributed by atoms with E-state index in [1.165, 1.54) is 6.33 Å². The number of hydrogen-bond acceptors (Lipinski definition) is 4. The molecule has 2 aromatic heterocycles. The fraction of sp³-hybridized carbons (Fsp3) is 0.500. The van der Waals surface area contributed by atoms with Gasteiger partial charge in [-0.15, -0.1) is 0 Å². The Hall–Kier alpha value is -2.44. The van der Waals surface area contributed by atoms with Gasteiger partial charge in [-0.1, -0.05) is 6.92 Å². The lowest BCUT2D eigenvalue weighted by molar-refractivity contribution is 0.201. The van der Waals surface area contributed by atoms with E-state index in [2.05, 4.69) is 20.4 Å². The van der Waals surface area contributed by atoms with Gasteiger partial charge < -0.3 is 10.2 Å². The third-order valence-electron chi connectivity index (χ3n) is 3.69. The van der Waals surface area contributed by atoms with Gasteiger partial charge in [0.1, 0.15) is 12.2 Å². The molecule has 124 valence electrons. The molecule has 0 spiro atoms. The highest BCUT2D eigenvalue weighted by Gasteiger charge is 2.20. The Morgan fingerprint density at radius 1 is 1.39 bits per heavy atom. The molecule has 0 aliphatic heterocycles. The first kappa shape index (κ1) is 16.9. The zero-order valence-corrected chi connectivity index (χ0v) is 14.2. The number of hydrogen-bond donors (Lipinski definition) is 1. The quantitative estimate of drug-likeness (QED) is 0.887. The van der Waals surface area contributed by atoms with E-state index >= 15 is 0 Å². The monoisotopic (exact) mass is 316 g/mol. The highest BCUT2D eigenvalue weighted by Crippen LogP contribution is 2.14. The van der Waals surface area contributed by atoms with E-state index in [1.54, 1.807) is 22.8 Å². The van der Waals surface area contributed by atoms with Crippen LogP contribution in [0.4, 0.5) is 4.79 Å². The molecule has 0 aromatic carbocycles. The molecular formula is C16H24N6O. The number of carbonyl (C=O) groups is 1. The summed E-state index contributed by atoms with van der Waals surface area (Å²) in [7, 11) is 1.78. The largest absolute Gasteiger partial charge is 0.328 e. The minimum absolute atomic E-state index is 0.128. The molecule has 0 bridgehead atoms. The fourth-order valence-corrected chi connectivity index (χ4v) is 2.44. The third-order valence-corrected chi connectivity index (χ3v) is 3.69. The van der Waals surface area contributed by atoms with Crippen molar-refractivity contribution in [1.29, 1.82) is 0 Å². The summed E-state index contributed by atoms with van der Waals surface area (Å²) >= 11 is 0. The number of aromatic nitrogens is 4. The molecule has 2 heterocycles. The second kappa shape index (κ2) is 7.71. The third kappa shape index (κ3) is 4.28. The van der Waals surface area contributed by atoms with E-state index in [1.807, 2.05) is 32.9 Å². The molecule has 0 aliphatic rings. The number of amides is 2. The highest BCUT2D eigenvalue weighted by molar-refractivity contribution is 5.74. The van der Waals surface area contributed by atoms with Crippen LogP contribution in [-0.2, 0) is 13.1 Å². The number of nitrogens with zero attached hydrogens (tertiary/aromatic N) is 5. The van der Waals surface area contributed by atoms with Gasteiger partial charge >= 0.3 is 6.03 Å². The smallest absolute Gasteiger partial charge is 0.318 e. The lowest BCUT2D eigenvalue weighted by atomic mass is 10.2. The number of urea groups is 1. The second-order valence-electron chi connectivity index (χ2n) is 5.51. The summed E-state index contributed by atoms with van der Waals surface area (Å²) in [4.78, 5) is 22.5. The topological polar surface area (TPSA) is 75.9 Å². The van der Waals surface area contributed by atoms with Crippen LogP contribution < -0.4 is 5.32 Å². The van der Waals surface area contributed by atoms with Crippen molar-refractivity contribution >= 4 is 6.03 Å². The minimum Gasteiger partial charge on any atom is -0.328 e. The van der Waals surface area contributed by atoms with Crippen LogP contribution in [0.25, 0.3) is 0 Å². The molecular weight excluding hydrogens is 292 g/mol. The van der Waals surface area contributed by atoms with Crippen molar-refractivity contribution in [1.82, 2.24) is 30.0 Å². The van der Waals surface area contributed by atoms with Crippen molar-refractivity contribution in [3.8, 4) is 0 Å². The van der Waals surface area contributed by atoms with E-state index in [-0.39, 0.29) is 12.1 Å². The Labute approximate surface area is 136 Å². The summed E-state index contributed by atoms with van der Waals surface area (Å²) in [5, 5.41) is 7.19. The lowest BCUT2D eigenvalue weighted by Crippen LogP contribution is -2.39. The molecule has 0 aliphatic carbocycles. The van der Waals surface area contributed by atoms with Gasteiger partial charge in [-0.25, -0.2) is 14.5 Å². The number of carbonyl (C=O) groups excluding carboxylic acids is 1. The van der Waals surface area contributed by atoms with Crippen LogP contribution in [0.1, 0.15) is 43.4 Å². The number of nitrogens with one attached hydrogen (secondary N) is 1. The first-order valence-corrected chi connectivity index (χ1v) is 7.86. The predicted molar refractivity (Wildman–Crippen MR) is 87.7 cm³/mol. The molecule has 23 heavy (non-hydrogen) atoms. The van der Waals surface area contributed by atoms with Crippen LogP contribution in [0.3, 0.4) is 0 Å². The van der Waals surface area contributed by atoms with E-state index in [4.69, 9.17) is 0 Å². The number of pyridine rings is 1. The first-order chi connectivity index (χ1) is 11.0. The molecule has 0 fully saturated rings. The Balaban J connectivity index is 2.01. The lowest BCUT2D eigenvalue weighted by Gasteiger charge is -2.22. The van der Waals surface area contributed by atoms with Crippen molar-refractivity contribution in [2.45, 2.75) is 46.3 Å². The molecule has 2 rings (SSSR count). The van der Waals surface area contributed by atoms with Crippen molar-refractivity contribution in [3.63, 3.8) is 0 Å². The molecule has 0 radical (unpaired) electrons. The minimum atomic E-state index is -0.147. The van der Waals surface area contributed by atoms with Gasteiger partial charge in [-0.2, -0.15) is 5.10 Å². The van der Waals surface area contributed by atoms with Crippen LogP contribution in [0.2, 0.25) is 0 Å². The Bertz CT molecular complexity index is 654. The van der Waals surface area contributed by atoms with E-state index < -0.39 is 0 Å². The molecule has 7 nitrogen and oxygen atoms in total. The van der Waals surface area contributed by atoms with Gasteiger partial charge in [-0.05, 0) is 38.0 Å². The van der Waals surface area contributed by atoms with Gasteiger partial charge in [0.05, 0.1) is 6.04 Å². The zero-order valence-electron chi connectivity index (χ0n) is 14.2. The van der Waals surface area contributed by atoms with Crippen LogP contribution in [0.5, 0.6) is 0 Å². The SMILES string of the molecule is CC[C@H](NC(=O)N(C)Cc1ccnc(C)c1)c1ncnn1CC. The van der Waals surface area contributed by atoms with E-state index in [0.717, 1.165) is 30.0 Å². The summed E-state index contributed by atoms with van der Waals surface area (Å²) in [6.45, 7) is 7.23. The number of aryl methyl sites for hydroxylation is 2. The Morgan fingerprint density at radius 2 is 2.17 bits per heavy atom. The van der Waals surface area contributed by atoms with Crippen LogP contribution in [-0.4, -0.2) is 37.7 Å². The van der Waals surface area contributed by atoms with Crippen LogP contribution in [0, 0.1) is 6.92 Å². The summed E-state index contributed by atoms with van der Waals surface area (Å²) in [6.07, 6.45) is 4.04. The molecule has 1 atom stereocenters. The van der Waals surface area contributed by atoms with Gasteiger partial charge in [0.2, 0.25) is 0 Å². The maximum Gasteiger partial charge on any atom is 0.318 e. The summed E-state index contributed by atoms with van der Waals surface area (Å²) in [5.74, 6) is 0.788. The van der Waals surface area contributed by atoms with Gasteiger partial charge in [0, 0.05) is 32.0 Å². The maximum atomic E-state index is 12.4. The Kier molecular flexibility index (Phi) is 5.67. The predicted octanol–water partition coefficient (Wildman–Crippen LogP) is 2.29. The molecule has 7 heteroatoms. The van der Waals surface area contributed by atoms with Crippen molar-refractivity contribution in [2.24, 2.45) is 0 Å². The van der Waals surface area contributed by atoms with Gasteiger partial charge in [-0.3, -0.25) is 4.98 Å². The standard InChI is InChI=1S/C16H24N6O/c1-5-14(15-18-11-19-22(15)6-2)20-16(23)21(4)10-13-7-8-17-12(3)9-13/h7-9,11,14H,5-6,10H2,1-4H3,(H,20,23)/t14-/m0/s1. The highest BCUT2D eigenvalue weighted by atomic mass is 16.2. The van der Waals surface area contributed by atoms with Crippen molar-refractivity contribution < 1.29 is 4.79 Å². The zero-order chi connectivity index (χ0) is 16.8. The molecule has 0 saturated heterocycles. The molecule has 1 N–H and O–H groups in total. The molecule has 0 saturated carbocycles. The average molecular weight is 316 g/mol. The number of rotatable bonds is 6. The van der Waals surface area contributed by atoms with Gasteiger partial charge in [0.25, 0.3) is 0 Å².